The van der Waals surface area contributed by atoms with Crippen LogP contribution in [-0.4, -0.2) is 19.3 Å². The number of amides is 1. The predicted molar refractivity (Wildman–Crippen MR) is 52.6 cm³/mol. The number of carbonyl (C=O) groups is 2. The Balaban J connectivity index is 3.28. The minimum atomic E-state index is -0.684. The SMILES string of the molecule is COc1c(NC(C)=O)ccc(F)c1C=O. The number of hydrogen-bond donors (Lipinski definition) is 1. The van der Waals surface area contributed by atoms with Gasteiger partial charge >= 0.3 is 0 Å². The van der Waals surface area contributed by atoms with E-state index in [1.807, 2.05) is 0 Å². The smallest absolute Gasteiger partial charge is 0.221 e. The molecule has 0 saturated heterocycles. The van der Waals surface area contributed by atoms with Crippen molar-refractivity contribution in [1.82, 2.24) is 0 Å². The van der Waals surface area contributed by atoms with Gasteiger partial charge < -0.3 is 10.1 Å². The van der Waals surface area contributed by atoms with E-state index >= 15 is 0 Å². The molecule has 5 heteroatoms. The highest BCUT2D eigenvalue weighted by atomic mass is 19.1. The van der Waals surface area contributed by atoms with Crippen LogP contribution in [0, 0.1) is 5.82 Å². The first kappa shape index (κ1) is 11.2. The van der Waals surface area contributed by atoms with E-state index in [0.717, 1.165) is 6.07 Å². The Morgan fingerprint density at radius 3 is 2.67 bits per heavy atom. The number of nitrogens with one attached hydrogen (secondary N) is 1. The highest BCUT2D eigenvalue weighted by Gasteiger charge is 2.14. The molecular formula is C10H10FNO3. The second-order valence-corrected chi connectivity index (χ2v) is 2.84. The molecule has 1 rings (SSSR count). The summed E-state index contributed by atoms with van der Waals surface area (Å²) in [6, 6.07) is 2.43. The Morgan fingerprint density at radius 1 is 1.53 bits per heavy atom. The van der Waals surface area contributed by atoms with Crippen LogP contribution in [-0.2, 0) is 4.79 Å². The van der Waals surface area contributed by atoms with Gasteiger partial charge in [0.05, 0.1) is 18.4 Å². The second-order valence-electron chi connectivity index (χ2n) is 2.84. The third-order valence-electron chi connectivity index (χ3n) is 1.78. The van der Waals surface area contributed by atoms with Crippen LogP contribution in [0.1, 0.15) is 17.3 Å². The molecule has 1 N–H and O–H groups in total. The first-order chi connectivity index (χ1) is 7.10. The summed E-state index contributed by atoms with van der Waals surface area (Å²) in [5.74, 6) is -0.979. The maximum Gasteiger partial charge on any atom is 0.221 e. The molecule has 0 heterocycles. The molecule has 1 amide bonds. The van der Waals surface area contributed by atoms with Crippen LogP contribution < -0.4 is 10.1 Å². The number of ether oxygens (including phenoxy) is 1. The van der Waals surface area contributed by atoms with Crippen LogP contribution in [0.25, 0.3) is 0 Å². The van der Waals surface area contributed by atoms with Gasteiger partial charge in [-0.3, -0.25) is 9.59 Å². The lowest BCUT2D eigenvalue weighted by Crippen LogP contribution is -2.08. The fraction of sp³-hybridized carbons (Fsp3) is 0.200. The molecule has 4 nitrogen and oxygen atoms in total. The minimum absolute atomic E-state index is 0.0280. The molecule has 1 aromatic rings. The largest absolute Gasteiger partial charge is 0.494 e. The van der Waals surface area contributed by atoms with Crippen LogP contribution in [0.5, 0.6) is 5.75 Å². The van der Waals surface area contributed by atoms with E-state index in [1.54, 1.807) is 0 Å². The third kappa shape index (κ3) is 2.31. The number of benzene rings is 1. The van der Waals surface area contributed by atoms with Crippen LogP contribution in [0.4, 0.5) is 10.1 Å². The summed E-state index contributed by atoms with van der Waals surface area (Å²) in [7, 11) is 1.30. The van der Waals surface area contributed by atoms with Gasteiger partial charge in [-0.2, -0.15) is 0 Å². The topological polar surface area (TPSA) is 55.4 Å². The van der Waals surface area contributed by atoms with Crippen molar-refractivity contribution in [2.24, 2.45) is 0 Å². The third-order valence-corrected chi connectivity index (χ3v) is 1.78. The van der Waals surface area contributed by atoms with Gasteiger partial charge in [-0.15, -0.1) is 0 Å². The highest BCUT2D eigenvalue weighted by molar-refractivity contribution is 5.93. The molecule has 0 aliphatic rings. The lowest BCUT2D eigenvalue weighted by Gasteiger charge is -2.11. The average Bonchev–Trinajstić information content (AvgIpc) is 2.19. The van der Waals surface area contributed by atoms with Gasteiger partial charge in [0.15, 0.2) is 12.0 Å². The van der Waals surface area contributed by atoms with Crippen LogP contribution in [0.3, 0.4) is 0 Å². The molecule has 0 aliphatic heterocycles. The number of methoxy groups -OCH3 is 1. The fourth-order valence-corrected chi connectivity index (χ4v) is 1.19. The van der Waals surface area contributed by atoms with E-state index in [2.05, 4.69) is 5.32 Å². The molecule has 0 radical (unpaired) electrons. The Hall–Kier alpha value is -1.91. The molecule has 80 valence electrons. The van der Waals surface area contributed by atoms with E-state index in [-0.39, 0.29) is 22.9 Å². The van der Waals surface area contributed by atoms with Gasteiger partial charge in [0.2, 0.25) is 5.91 Å². The number of rotatable bonds is 3. The number of aldehydes is 1. The van der Waals surface area contributed by atoms with Crippen LogP contribution >= 0.6 is 0 Å². The zero-order valence-corrected chi connectivity index (χ0v) is 8.33. The van der Waals surface area contributed by atoms with Crippen molar-refractivity contribution in [3.63, 3.8) is 0 Å². The maximum atomic E-state index is 13.1. The molecule has 0 aromatic heterocycles. The Morgan fingerprint density at radius 2 is 2.20 bits per heavy atom. The predicted octanol–water partition coefficient (Wildman–Crippen LogP) is 1.61. The van der Waals surface area contributed by atoms with Gasteiger partial charge in [-0.05, 0) is 12.1 Å². The van der Waals surface area contributed by atoms with E-state index in [0.29, 0.717) is 6.29 Å². The zero-order valence-electron chi connectivity index (χ0n) is 8.33. The van der Waals surface area contributed by atoms with Gasteiger partial charge in [-0.25, -0.2) is 4.39 Å². The highest BCUT2D eigenvalue weighted by Crippen LogP contribution is 2.29. The van der Waals surface area contributed by atoms with E-state index in [9.17, 15) is 14.0 Å². The minimum Gasteiger partial charge on any atom is -0.494 e. The van der Waals surface area contributed by atoms with E-state index < -0.39 is 5.82 Å². The monoisotopic (exact) mass is 211 g/mol. The van der Waals surface area contributed by atoms with Crippen molar-refractivity contribution in [2.75, 3.05) is 12.4 Å². The van der Waals surface area contributed by atoms with Gasteiger partial charge in [0.1, 0.15) is 5.82 Å². The number of hydrogen-bond acceptors (Lipinski definition) is 3. The fourth-order valence-electron chi connectivity index (χ4n) is 1.19. The molecule has 0 spiro atoms. The molecule has 1 aromatic carbocycles. The van der Waals surface area contributed by atoms with Gasteiger partial charge in [0, 0.05) is 6.92 Å². The number of anilines is 1. The standard InChI is InChI=1S/C10H10FNO3/c1-6(14)12-9-4-3-8(11)7(5-13)10(9)15-2/h3-5H,1-2H3,(H,12,14). The Labute approximate surface area is 86.0 Å². The molecule has 0 bridgehead atoms. The quantitative estimate of drug-likeness (QED) is 0.772. The van der Waals surface area contributed by atoms with Crippen molar-refractivity contribution in [3.05, 3.63) is 23.5 Å². The number of halogens is 1. The first-order valence-corrected chi connectivity index (χ1v) is 4.19. The van der Waals surface area contributed by atoms with Crippen molar-refractivity contribution in [1.29, 1.82) is 0 Å². The van der Waals surface area contributed by atoms with E-state index in [4.69, 9.17) is 4.74 Å². The van der Waals surface area contributed by atoms with Gasteiger partial charge in [-0.1, -0.05) is 0 Å². The molecule has 0 fully saturated rings. The lowest BCUT2D eigenvalue weighted by molar-refractivity contribution is -0.114. The second kappa shape index (κ2) is 4.54. The van der Waals surface area contributed by atoms with Crippen molar-refractivity contribution in [2.45, 2.75) is 6.92 Å². The summed E-state index contributed by atoms with van der Waals surface area (Å²) in [4.78, 5) is 21.4. The summed E-state index contributed by atoms with van der Waals surface area (Å²) >= 11 is 0. The first-order valence-electron chi connectivity index (χ1n) is 4.19. The van der Waals surface area contributed by atoms with Crippen LogP contribution in [0.15, 0.2) is 12.1 Å². The normalized spacial score (nSPS) is 9.53. The molecule has 0 saturated carbocycles. The van der Waals surface area contributed by atoms with E-state index in [1.165, 1.54) is 20.1 Å². The molecule has 0 aliphatic carbocycles. The lowest BCUT2D eigenvalue weighted by atomic mass is 10.1. The summed E-state index contributed by atoms with van der Waals surface area (Å²) in [6.07, 6.45) is 0.347. The molecule has 15 heavy (non-hydrogen) atoms. The number of carbonyl (C=O) groups excluding carboxylic acids is 2. The summed E-state index contributed by atoms with van der Waals surface area (Å²) in [6.45, 7) is 1.31. The summed E-state index contributed by atoms with van der Waals surface area (Å²) in [5, 5.41) is 2.44. The van der Waals surface area contributed by atoms with Crippen molar-refractivity contribution >= 4 is 17.9 Å². The molecule has 0 unspecified atom stereocenters. The van der Waals surface area contributed by atoms with Crippen molar-refractivity contribution < 1.29 is 18.7 Å². The van der Waals surface area contributed by atoms with Crippen LogP contribution in [0.2, 0.25) is 0 Å². The average molecular weight is 211 g/mol. The maximum absolute atomic E-state index is 13.1. The van der Waals surface area contributed by atoms with Gasteiger partial charge in [0.25, 0.3) is 0 Å². The zero-order chi connectivity index (χ0) is 11.4. The van der Waals surface area contributed by atoms with Crippen molar-refractivity contribution in [3.8, 4) is 5.75 Å². The molecular weight excluding hydrogens is 201 g/mol. The Kier molecular flexibility index (Phi) is 3.38. The summed E-state index contributed by atoms with van der Waals surface area (Å²) in [5.41, 5.74) is 0.0669. The molecule has 0 atom stereocenters. The Bertz CT molecular complexity index is 404. The summed E-state index contributed by atoms with van der Waals surface area (Å²) < 4.78 is 18.0.